The highest BCUT2D eigenvalue weighted by molar-refractivity contribution is 5.87. The van der Waals surface area contributed by atoms with E-state index in [0.29, 0.717) is 23.4 Å². The molecule has 2 amide bonds. The van der Waals surface area contributed by atoms with E-state index in [1.54, 1.807) is 18.1 Å². The summed E-state index contributed by atoms with van der Waals surface area (Å²) in [5.74, 6) is 0.765. The van der Waals surface area contributed by atoms with Crippen LogP contribution in [0.1, 0.15) is 50.6 Å². The third-order valence-electron chi connectivity index (χ3n) is 6.08. The number of nitrogens with zero attached hydrogens (tertiary/aromatic N) is 3. The van der Waals surface area contributed by atoms with Crippen LogP contribution in [-0.2, 0) is 0 Å². The van der Waals surface area contributed by atoms with Gasteiger partial charge in [0.2, 0.25) is 5.82 Å². The number of hydrogen-bond donors (Lipinski definition) is 1. The number of ether oxygens (including phenoxy) is 2. The van der Waals surface area contributed by atoms with Gasteiger partial charge in [-0.05, 0) is 49.2 Å². The summed E-state index contributed by atoms with van der Waals surface area (Å²) in [6.45, 7) is 4.57. The van der Waals surface area contributed by atoms with Crippen LogP contribution in [0.15, 0.2) is 52.7 Å². The van der Waals surface area contributed by atoms with Crippen LogP contribution in [0.4, 0.5) is 9.18 Å². The lowest BCUT2D eigenvalue weighted by atomic mass is 9.94. The summed E-state index contributed by atoms with van der Waals surface area (Å²) < 4.78 is 30.3. The maximum Gasteiger partial charge on any atom is 0.322 e. The highest BCUT2D eigenvalue weighted by atomic mass is 19.1. The summed E-state index contributed by atoms with van der Waals surface area (Å²) in [5, 5.41) is 7.17. The minimum Gasteiger partial charge on any atom is -0.497 e. The molecule has 2 aromatic carbocycles. The van der Waals surface area contributed by atoms with Gasteiger partial charge in [-0.1, -0.05) is 37.1 Å². The lowest BCUT2D eigenvalue weighted by molar-refractivity contribution is 0.204. The lowest BCUT2D eigenvalue weighted by Gasteiger charge is -2.35. The van der Waals surface area contributed by atoms with Crippen LogP contribution >= 0.6 is 0 Å². The normalized spacial score (nSPS) is 15.9. The molecule has 1 atom stereocenters. The third-order valence-corrected chi connectivity index (χ3v) is 6.08. The first-order chi connectivity index (χ1) is 17.0. The van der Waals surface area contributed by atoms with E-state index in [2.05, 4.69) is 22.4 Å². The molecule has 1 unspecified atom stereocenters. The minimum atomic E-state index is -0.527. The summed E-state index contributed by atoms with van der Waals surface area (Å²) in [7, 11) is 3.00. The average Bonchev–Trinajstić information content (AvgIpc) is 3.35. The fraction of sp³-hybridized carbons (Fsp3) is 0.346. The molecule has 0 aliphatic carbocycles. The molecule has 3 aromatic rings. The fourth-order valence-electron chi connectivity index (χ4n) is 4.17. The number of aromatic nitrogens is 2. The van der Waals surface area contributed by atoms with Crippen molar-refractivity contribution in [2.75, 3.05) is 20.8 Å². The zero-order chi connectivity index (χ0) is 24.9. The standard InChI is InChI=1S/C26H29FN4O4/c1-5-6-7-13-31-16(2)22(23(28-26(31)32)17-9-8-10-19(14-17)33-3)25-29-24(30-35-25)18-11-12-21(34-4)20(27)15-18/h8-12,14-15,23H,5-7,13H2,1-4H3,(H,28,32). The Kier molecular flexibility index (Phi) is 7.33. The number of methoxy groups -OCH3 is 2. The van der Waals surface area contributed by atoms with Crippen molar-refractivity contribution in [3.8, 4) is 22.9 Å². The molecule has 9 heteroatoms. The zero-order valence-electron chi connectivity index (χ0n) is 20.3. The van der Waals surface area contributed by atoms with E-state index in [-0.39, 0.29) is 23.5 Å². The van der Waals surface area contributed by atoms with Gasteiger partial charge in [0.1, 0.15) is 5.75 Å². The van der Waals surface area contributed by atoms with Crippen LogP contribution in [-0.4, -0.2) is 41.8 Å². The van der Waals surface area contributed by atoms with E-state index in [0.717, 1.165) is 30.5 Å². The van der Waals surface area contributed by atoms with Crippen molar-refractivity contribution in [2.45, 2.75) is 39.2 Å². The first kappa shape index (κ1) is 24.3. The summed E-state index contributed by atoms with van der Waals surface area (Å²) in [5.41, 5.74) is 2.68. The maximum atomic E-state index is 14.3. The molecule has 1 aliphatic heterocycles. The van der Waals surface area contributed by atoms with Gasteiger partial charge in [0.25, 0.3) is 5.89 Å². The summed E-state index contributed by atoms with van der Waals surface area (Å²) in [6, 6.07) is 11.2. The fourth-order valence-corrected chi connectivity index (χ4v) is 4.17. The van der Waals surface area contributed by atoms with Crippen molar-refractivity contribution < 1.29 is 23.2 Å². The van der Waals surface area contributed by atoms with E-state index in [4.69, 9.17) is 14.0 Å². The van der Waals surface area contributed by atoms with Gasteiger partial charge in [-0.25, -0.2) is 9.18 Å². The molecule has 184 valence electrons. The average molecular weight is 481 g/mol. The van der Waals surface area contributed by atoms with E-state index in [1.165, 1.54) is 19.2 Å². The number of nitrogens with one attached hydrogen (secondary N) is 1. The second kappa shape index (κ2) is 10.6. The van der Waals surface area contributed by atoms with E-state index in [9.17, 15) is 9.18 Å². The predicted molar refractivity (Wildman–Crippen MR) is 129 cm³/mol. The highest BCUT2D eigenvalue weighted by Gasteiger charge is 2.35. The monoisotopic (exact) mass is 480 g/mol. The molecular formula is C26H29FN4O4. The van der Waals surface area contributed by atoms with E-state index in [1.807, 2.05) is 31.2 Å². The zero-order valence-corrected chi connectivity index (χ0v) is 20.3. The number of benzene rings is 2. The number of allylic oxidation sites excluding steroid dienone is 1. The Morgan fingerprint density at radius 2 is 1.97 bits per heavy atom. The number of halogens is 1. The Morgan fingerprint density at radius 3 is 2.69 bits per heavy atom. The predicted octanol–water partition coefficient (Wildman–Crippen LogP) is 5.58. The van der Waals surface area contributed by atoms with Crippen molar-refractivity contribution >= 4 is 11.6 Å². The molecule has 1 N–H and O–H groups in total. The second-order valence-electron chi connectivity index (χ2n) is 8.29. The molecule has 0 bridgehead atoms. The van der Waals surface area contributed by atoms with Gasteiger partial charge in [-0.15, -0.1) is 0 Å². The van der Waals surface area contributed by atoms with Crippen LogP contribution in [0.3, 0.4) is 0 Å². The smallest absolute Gasteiger partial charge is 0.322 e. The number of carbonyl (C=O) groups excluding carboxylic acids is 1. The SMILES string of the molecule is CCCCCN1C(=O)NC(c2cccc(OC)c2)C(c2nc(-c3ccc(OC)c(F)c3)no2)=C1C. The Bertz CT molecular complexity index is 1240. The molecule has 4 rings (SSSR count). The molecule has 0 radical (unpaired) electrons. The van der Waals surface area contributed by atoms with Gasteiger partial charge >= 0.3 is 6.03 Å². The van der Waals surface area contributed by atoms with E-state index >= 15 is 0 Å². The van der Waals surface area contributed by atoms with Gasteiger partial charge < -0.3 is 19.3 Å². The largest absolute Gasteiger partial charge is 0.497 e. The minimum absolute atomic E-state index is 0.131. The Morgan fingerprint density at radius 1 is 1.14 bits per heavy atom. The third kappa shape index (κ3) is 4.99. The van der Waals surface area contributed by atoms with Crippen molar-refractivity contribution in [1.82, 2.24) is 20.4 Å². The van der Waals surface area contributed by atoms with Gasteiger partial charge in [0, 0.05) is 17.8 Å². The van der Waals surface area contributed by atoms with Crippen LogP contribution in [0.5, 0.6) is 11.5 Å². The molecule has 1 aliphatic rings. The number of hydrogen-bond acceptors (Lipinski definition) is 6. The molecule has 0 fully saturated rings. The summed E-state index contributed by atoms with van der Waals surface area (Å²) >= 11 is 0. The first-order valence-electron chi connectivity index (χ1n) is 11.6. The van der Waals surface area contributed by atoms with Crippen LogP contribution < -0.4 is 14.8 Å². The molecule has 0 spiro atoms. The van der Waals surface area contributed by atoms with Crippen molar-refractivity contribution in [1.29, 1.82) is 0 Å². The number of urea groups is 1. The summed E-state index contributed by atoms with van der Waals surface area (Å²) in [6.07, 6.45) is 2.93. The second-order valence-corrected chi connectivity index (χ2v) is 8.29. The lowest BCUT2D eigenvalue weighted by Crippen LogP contribution is -2.46. The molecule has 35 heavy (non-hydrogen) atoms. The number of amides is 2. The number of carbonyl (C=O) groups is 1. The molecule has 2 heterocycles. The van der Waals surface area contributed by atoms with Crippen molar-refractivity contribution in [2.24, 2.45) is 0 Å². The maximum absolute atomic E-state index is 14.3. The molecular weight excluding hydrogens is 451 g/mol. The van der Waals surface area contributed by atoms with Crippen molar-refractivity contribution in [3.05, 3.63) is 65.4 Å². The van der Waals surface area contributed by atoms with Crippen LogP contribution in [0, 0.1) is 5.82 Å². The number of rotatable bonds is 9. The van der Waals surface area contributed by atoms with Gasteiger partial charge in [-0.3, -0.25) is 4.90 Å². The molecule has 1 aromatic heterocycles. The van der Waals surface area contributed by atoms with Crippen molar-refractivity contribution in [3.63, 3.8) is 0 Å². The molecule has 0 saturated heterocycles. The Balaban J connectivity index is 1.77. The Hall–Kier alpha value is -3.88. The molecule has 8 nitrogen and oxygen atoms in total. The van der Waals surface area contributed by atoms with Gasteiger partial charge in [0.05, 0.1) is 25.8 Å². The summed E-state index contributed by atoms with van der Waals surface area (Å²) in [4.78, 5) is 19.3. The van der Waals surface area contributed by atoms with Gasteiger partial charge in [-0.2, -0.15) is 4.98 Å². The topological polar surface area (TPSA) is 89.7 Å². The van der Waals surface area contributed by atoms with Crippen LogP contribution in [0.25, 0.3) is 17.0 Å². The highest BCUT2D eigenvalue weighted by Crippen LogP contribution is 2.38. The number of unbranched alkanes of at least 4 members (excludes halogenated alkanes) is 2. The molecule has 0 saturated carbocycles. The Labute approximate surface area is 203 Å². The first-order valence-corrected chi connectivity index (χ1v) is 11.6. The van der Waals surface area contributed by atoms with Crippen LogP contribution in [0.2, 0.25) is 0 Å². The van der Waals surface area contributed by atoms with E-state index < -0.39 is 11.9 Å². The quantitative estimate of drug-likeness (QED) is 0.402. The van der Waals surface area contributed by atoms with Gasteiger partial charge in [0.15, 0.2) is 11.6 Å².